The zero-order valence-electron chi connectivity index (χ0n) is 16.4. The van der Waals surface area contributed by atoms with Crippen molar-refractivity contribution in [3.63, 3.8) is 0 Å². The number of amides is 3. The Bertz CT molecular complexity index is 835. The molecular formula is C21H25ClN4O4. The predicted molar refractivity (Wildman–Crippen MR) is 114 cm³/mol. The first-order valence-corrected chi connectivity index (χ1v) is 10.2. The minimum atomic E-state index is -0.488. The standard InChI is InChI=1S/C21H25ClN4O4/c22-15-1-3-16(4-2-15)25-21(29)24-12-9-17-5-6-18(19(13-27)30-17)26-20(28)14-7-10-23-11-8-14/h1-4,7-8,10-11,17-19,27H,5-6,9,12-13H2,(H,26,28)(H2,24,25,29)/t17-,18-,19+/m0/s1. The van der Waals surface area contributed by atoms with E-state index in [1.807, 2.05) is 0 Å². The van der Waals surface area contributed by atoms with E-state index in [4.69, 9.17) is 16.3 Å². The van der Waals surface area contributed by atoms with Gasteiger partial charge >= 0.3 is 6.03 Å². The molecule has 0 saturated carbocycles. The van der Waals surface area contributed by atoms with Crippen LogP contribution >= 0.6 is 11.6 Å². The van der Waals surface area contributed by atoms with E-state index >= 15 is 0 Å². The molecule has 4 N–H and O–H groups in total. The zero-order valence-corrected chi connectivity index (χ0v) is 17.1. The number of nitrogens with zero attached hydrogens (tertiary/aromatic N) is 1. The number of halogens is 1. The lowest BCUT2D eigenvalue weighted by atomic mass is 9.97. The minimum absolute atomic E-state index is 0.105. The molecule has 1 fully saturated rings. The maximum atomic E-state index is 12.3. The van der Waals surface area contributed by atoms with E-state index in [0.29, 0.717) is 35.7 Å². The van der Waals surface area contributed by atoms with Gasteiger partial charge in [-0.15, -0.1) is 0 Å². The molecule has 1 saturated heterocycles. The van der Waals surface area contributed by atoms with Crippen LogP contribution in [0.4, 0.5) is 10.5 Å². The van der Waals surface area contributed by atoms with Gasteiger partial charge in [-0.1, -0.05) is 11.6 Å². The summed E-state index contributed by atoms with van der Waals surface area (Å²) >= 11 is 5.83. The van der Waals surface area contributed by atoms with E-state index in [2.05, 4.69) is 20.9 Å². The summed E-state index contributed by atoms with van der Waals surface area (Å²) in [6, 6.07) is 9.53. The minimum Gasteiger partial charge on any atom is -0.394 e. The Hall–Kier alpha value is -2.68. The molecule has 3 amide bonds. The van der Waals surface area contributed by atoms with Crippen molar-refractivity contribution >= 4 is 29.2 Å². The molecule has 1 aliphatic heterocycles. The van der Waals surface area contributed by atoms with Crippen LogP contribution in [0.2, 0.25) is 5.02 Å². The fraction of sp³-hybridized carbons (Fsp3) is 0.381. The van der Waals surface area contributed by atoms with Gasteiger partial charge in [0.2, 0.25) is 0 Å². The van der Waals surface area contributed by atoms with Crippen LogP contribution in [0.1, 0.15) is 29.6 Å². The van der Waals surface area contributed by atoms with Crippen molar-refractivity contribution in [3.8, 4) is 0 Å². The van der Waals surface area contributed by atoms with E-state index in [-0.39, 0.29) is 30.7 Å². The molecule has 0 aliphatic carbocycles. The number of hydrogen-bond acceptors (Lipinski definition) is 5. The Kier molecular flexibility index (Phi) is 8.01. The molecule has 9 heteroatoms. The van der Waals surface area contributed by atoms with E-state index in [0.717, 1.165) is 6.42 Å². The summed E-state index contributed by atoms with van der Waals surface area (Å²) in [4.78, 5) is 28.2. The highest BCUT2D eigenvalue weighted by Crippen LogP contribution is 2.22. The van der Waals surface area contributed by atoms with Gasteiger partial charge in [-0.3, -0.25) is 9.78 Å². The lowest BCUT2D eigenvalue weighted by molar-refractivity contribution is -0.0892. The molecule has 1 aromatic heterocycles. The Labute approximate surface area is 180 Å². The molecule has 2 aromatic rings. The number of urea groups is 1. The Balaban J connectivity index is 1.40. The van der Waals surface area contributed by atoms with Crippen molar-refractivity contribution in [2.24, 2.45) is 0 Å². The van der Waals surface area contributed by atoms with Gasteiger partial charge in [0.05, 0.1) is 18.8 Å². The second-order valence-electron chi connectivity index (χ2n) is 7.05. The second-order valence-corrected chi connectivity index (χ2v) is 7.49. The average molecular weight is 433 g/mol. The molecule has 2 heterocycles. The van der Waals surface area contributed by atoms with Crippen molar-refractivity contribution in [2.45, 2.75) is 37.5 Å². The third-order valence-corrected chi connectivity index (χ3v) is 5.16. The van der Waals surface area contributed by atoms with Gasteiger partial charge in [-0.25, -0.2) is 4.79 Å². The molecule has 160 valence electrons. The molecular weight excluding hydrogens is 408 g/mol. The van der Waals surface area contributed by atoms with Crippen LogP contribution in [-0.2, 0) is 4.74 Å². The zero-order chi connectivity index (χ0) is 21.3. The van der Waals surface area contributed by atoms with Crippen molar-refractivity contribution in [3.05, 3.63) is 59.4 Å². The molecule has 0 spiro atoms. The van der Waals surface area contributed by atoms with Crippen molar-refractivity contribution in [1.82, 2.24) is 15.6 Å². The summed E-state index contributed by atoms with van der Waals surface area (Å²) in [5, 5.41) is 18.7. The number of aliphatic hydroxyl groups is 1. The highest BCUT2D eigenvalue weighted by Gasteiger charge is 2.31. The number of carbonyl (C=O) groups is 2. The fourth-order valence-corrected chi connectivity index (χ4v) is 3.45. The summed E-state index contributed by atoms with van der Waals surface area (Å²) in [7, 11) is 0. The fourth-order valence-electron chi connectivity index (χ4n) is 3.32. The number of carbonyl (C=O) groups excluding carboxylic acids is 2. The van der Waals surface area contributed by atoms with Crippen molar-refractivity contribution in [1.29, 1.82) is 0 Å². The molecule has 0 radical (unpaired) electrons. The summed E-state index contributed by atoms with van der Waals surface area (Å²) < 4.78 is 5.93. The number of ether oxygens (including phenoxy) is 1. The van der Waals surface area contributed by atoms with Crippen LogP contribution in [0.15, 0.2) is 48.8 Å². The normalized spacial score (nSPS) is 20.9. The SMILES string of the molecule is O=C(NCC[C@@H]1CC[C@H](NC(=O)c2ccncc2)[C@@H](CO)O1)Nc1ccc(Cl)cc1. The van der Waals surface area contributed by atoms with Gasteiger partial charge in [0.15, 0.2) is 0 Å². The summed E-state index contributed by atoms with van der Waals surface area (Å²) in [6.07, 6.45) is 4.53. The molecule has 30 heavy (non-hydrogen) atoms. The van der Waals surface area contributed by atoms with Crippen LogP contribution in [0, 0.1) is 0 Å². The number of hydrogen-bond donors (Lipinski definition) is 4. The van der Waals surface area contributed by atoms with E-state index < -0.39 is 6.10 Å². The van der Waals surface area contributed by atoms with E-state index in [9.17, 15) is 14.7 Å². The highest BCUT2D eigenvalue weighted by molar-refractivity contribution is 6.30. The lowest BCUT2D eigenvalue weighted by Crippen LogP contribution is -2.51. The number of anilines is 1. The Morgan fingerprint density at radius 2 is 1.87 bits per heavy atom. The molecule has 0 unspecified atom stereocenters. The number of aliphatic hydroxyl groups excluding tert-OH is 1. The van der Waals surface area contributed by atoms with Gasteiger partial charge in [-0.2, -0.15) is 0 Å². The third-order valence-electron chi connectivity index (χ3n) is 4.91. The first kappa shape index (κ1) is 22.0. The number of rotatable bonds is 7. The largest absolute Gasteiger partial charge is 0.394 e. The van der Waals surface area contributed by atoms with Crippen LogP contribution in [0.25, 0.3) is 0 Å². The summed E-state index contributed by atoms with van der Waals surface area (Å²) in [5.41, 5.74) is 1.17. The number of aromatic nitrogens is 1. The third kappa shape index (κ3) is 6.41. The Morgan fingerprint density at radius 3 is 2.57 bits per heavy atom. The van der Waals surface area contributed by atoms with Crippen LogP contribution in [0.3, 0.4) is 0 Å². The summed E-state index contributed by atoms with van der Waals surface area (Å²) in [5.74, 6) is -0.219. The first-order valence-electron chi connectivity index (χ1n) is 9.83. The van der Waals surface area contributed by atoms with Crippen LogP contribution < -0.4 is 16.0 Å². The molecule has 1 aliphatic rings. The average Bonchev–Trinajstić information content (AvgIpc) is 2.77. The molecule has 3 rings (SSSR count). The van der Waals surface area contributed by atoms with Gasteiger partial charge in [0.1, 0.15) is 6.10 Å². The van der Waals surface area contributed by atoms with E-state index in [1.165, 1.54) is 0 Å². The van der Waals surface area contributed by atoms with Crippen molar-refractivity contribution < 1.29 is 19.4 Å². The molecule has 3 atom stereocenters. The number of pyridine rings is 1. The van der Waals surface area contributed by atoms with E-state index in [1.54, 1.807) is 48.8 Å². The monoisotopic (exact) mass is 432 g/mol. The predicted octanol–water partition coefficient (Wildman–Crippen LogP) is 2.59. The maximum absolute atomic E-state index is 12.3. The number of nitrogens with one attached hydrogen (secondary N) is 3. The van der Waals surface area contributed by atoms with Crippen molar-refractivity contribution in [2.75, 3.05) is 18.5 Å². The van der Waals surface area contributed by atoms with Gasteiger partial charge < -0.3 is 25.8 Å². The van der Waals surface area contributed by atoms with Gasteiger partial charge in [0.25, 0.3) is 5.91 Å². The summed E-state index contributed by atoms with van der Waals surface area (Å²) in [6.45, 7) is 0.235. The van der Waals surface area contributed by atoms with Crippen LogP contribution in [-0.4, -0.2) is 53.4 Å². The first-order chi connectivity index (χ1) is 14.5. The van der Waals surface area contributed by atoms with Crippen LogP contribution in [0.5, 0.6) is 0 Å². The lowest BCUT2D eigenvalue weighted by Gasteiger charge is -2.36. The topological polar surface area (TPSA) is 113 Å². The quantitative estimate of drug-likeness (QED) is 0.537. The molecule has 8 nitrogen and oxygen atoms in total. The van der Waals surface area contributed by atoms with Gasteiger partial charge in [-0.05, 0) is 55.7 Å². The highest BCUT2D eigenvalue weighted by atomic mass is 35.5. The van der Waals surface area contributed by atoms with Gasteiger partial charge in [0, 0.05) is 35.2 Å². The second kappa shape index (κ2) is 10.9. The maximum Gasteiger partial charge on any atom is 0.319 e. The Morgan fingerprint density at radius 1 is 1.13 bits per heavy atom. The smallest absolute Gasteiger partial charge is 0.319 e. The number of benzene rings is 1. The molecule has 0 bridgehead atoms. The molecule has 1 aromatic carbocycles.